The Labute approximate surface area is 158 Å². The molecule has 0 bridgehead atoms. The first-order chi connectivity index (χ1) is 11.3. The van der Waals surface area contributed by atoms with Gasteiger partial charge in [0, 0.05) is 17.7 Å². The van der Waals surface area contributed by atoms with Gasteiger partial charge in [0.25, 0.3) is 5.91 Å². The summed E-state index contributed by atoms with van der Waals surface area (Å²) < 4.78 is 5.50. The van der Waals surface area contributed by atoms with Gasteiger partial charge >= 0.3 is 0 Å². The van der Waals surface area contributed by atoms with Crippen LogP contribution in [0.25, 0.3) is 0 Å². The molecule has 0 spiro atoms. The Morgan fingerprint density at radius 3 is 2.60 bits per heavy atom. The quantitative estimate of drug-likeness (QED) is 0.449. The summed E-state index contributed by atoms with van der Waals surface area (Å²) in [5, 5.41) is 8.04. The van der Waals surface area contributed by atoms with Crippen molar-refractivity contribution in [3.8, 4) is 5.75 Å². The monoisotopic (exact) mass is 382 g/mol. The number of hydrazone groups is 1. The molecule has 2 aromatic carbocycles. The van der Waals surface area contributed by atoms with Crippen LogP contribution in [0.5, 0.6) is 5.75 Å². The summed E-state index contributed by atoms with van der Waals surface area (Å²) in [5.74, 6) is 1.47. The molecule has 1 heterocycles. The number of nitrogens with one attached hydrogen (secondary N) is 1. The molecule has 25 heavy (non-hydrogen) atoms. The summed E-state index contributed by atoms with van der Waals surface area (Å²) in [7, 11) is 1.66. The van der Waals surface area contributed by atoms with Crippen LogP contribution in [0.3, 0.4) is 0 Å². The molecule has 0 fully saturated rings. The number of hydrogen-bond acceptors (Lipinski definition) is 3. The van der Waals surface area contributed by atoms with Crippen molar-refractivity contribution in [3.63, 3.8) is 0 Å². The highest BCUT2D eigenvalue weighted by Gasteiger charge is 2.19. The van der Waals surface area contributed by atoms with Crippen molar-refractivity contribution in [2.75, 3.05) is 13.7 Å². The minimum absolute atomic E-state index is 0. The average Bonchev–Trinajstić information content (AvgIpc) is 2.61. The van der Waals surface area contributed by atoms with Crippen molar-refractivity contribution in [2.24, 2.45) is 5.10 Å². The number of quaternary nitrogens is 2. The van der Waals surface area contributed by atoms with Gasteiger partial charge in [-0.05, 0) is 6.07 Å². The molecule has 6 nitrogen and oxygen atoms in total. The topological polar surface area (TPSA) is 83.9 Å². The molecule has 1 amide bonds. The zero-order valence-electron chi connectivity index (χ0n) is 13.7. The van der Waals surface area contributed by atoms with Crippen LogP contribution in [0.15, 0.2) is 53.6 Å². The maximum absolute atomic E-state index is 11.2. The highest BCUT2D eigenvalue weighted by molar-refractivity contribution is 5.95. The fourth-order valence-corrected chi connectivity index (χ4v) is 2.47. The molecule has 2 aromatic rings. The van der Waals surface area contributed by atoms with Gasteiger partial charge in [-0.25, -0.2) is 5.43 Å². The molecule has 0 aliphatic carbocycles. The van der Waals surface area contributed by atoms with Crippen molar-refractivity contribution < 1.29 is 45.0 Å². The van der Waals surface area contributed by atoms with E-state index in [1.165, 1.54) is 5.56 Å². The molecule has 0 radical (unpaired) electrons. The minimum Gasteiger partial charge on any atom is -1.00 e. The smallest absolute Gasteiger partial charge is 0.295 e. The summed E-state index contributed by atoms with van der Waals surface area (Å²) in [4.78, 5) is 11.2. The highest BCUT2D eigenvalue weighted by atomic mass is 35.5. The van der Waals surface area contributed by atoms with Gasteiger partial charge in [0.05, 0.1) is 12.7 Å². The maximum atomic E-state index is 11.2. The second kappa shape index (κ2) is 10.0. The van der Waals surface area contributed by atoms with Crippen LogP contribution >= 0.6 is 0 Å². The number of hydrogen-bond donors (Lipinski definition) is 3. The van der Waals surface area contributed by atoms with E-state index in [1.807, 2.05) is 41.7 Å². The number of carbonyl (C=O) groups is 1. The van der Waals surface area contributed by atoms with E-state index >= 15 is 0 Å². The first-order valence-electron chi connectivity index (χ1n) is 7.51. The number of amidine groups is 1. The maximum Gasteiger partial charge on any atom is 0.295 e. The predicted octanol–water partition coefficient (Wildman–Crippen LogP) is -6.55. The third-order valence-corrected chi connectivity index (χ3v) is 3.71. The molecule has 1 aliphatic heterocycles. The number of ether oxygens (including phenoxy) is 1. The molecule has 0 saturated heterocycles. The molecule has 134 valence electrons. The van der Waals surface area contributed by atoms with E-state index in [-0.39, 0.29) is 30.7 Å². The first-order valence-corrected chi connectivity index (χ1v) is 7.51. The Kier molecular flexibility index (Phi) is 8.37. The van der Waals surface area contributed by atoms with Crippen LogP contribution in [0, 0.1) is 0 Å². The van der Waals surface area contributed by atoms with Gasteiger partial charge < -0.3 is 34.9 Å². The van der Waals surface area contributed by atoms with E-state index in [0.29, 0.717) is 6.54 Å². The lowest BCUT2D eigenvalue weighted by atomic mass is 10.1. The highest BCUT2D eigenvalue weighted by Crippen LogP contribution is 2.21. The number of methoxy groups -OCH3 is 1. The molecule has 0 saturated carbocycles. The van der Waals surface area contributed by atoms with Crippen LogP contribution in [0.2, 0.25) is 0 Å². The molecule has 0 unspecified atom stereocenters. The van der Waals surface area contributed by atoms with Crippen molar-refractivity contribution in [2.45, 2.75) is 6.54 Å². The van der Waals surface area contributed by atoms with Crippen LogP contribution in [0.4, 0.5) is 5.69 Å². The van der Waals surface area contributed by atoms with Gasteiger partial charge in [0.15, 0.2) is 18.0 Å². The zero-order chi connectivity index (χ0) is 16.1. The van der Waals surface area contributed by atoms with Crippen molar-refractivity contribution in [1.82, 2.24) is 5.43 Å². The fourth-order valence-electron chi connectivity index (χ4n) is 2.47. The van der Waals surface area contributed by atoms with Gasteiger partial charge in [-0.15, -0.1) is 5.10 Å². The standard InChI is InChI=1S/C17H18N4O2.2ClH/c1-23-15-9-13(17-19-11-16(22)20-21-17)7-8-14(15)18-10-12-5-3-2-4-6-12;;/h2-9,18H,10-11H2,1H3,(H,19,21)(H,20,22);2*1H. The van der Waals surface area contributed by atoms with Crippen LogP contribution < -0.4 is 45.6 Å². The minimum atomic E-state index is -0.0893. The van der Waals surface area contributed by atoms with Gasteiger partial charge in [-0.3, -0.25) is 10.1 Å². The predicted molar refractivity (Wildman–Crippen MR) is 86.2 cm³/mol. The van der Waals surface area contributed by atoms with E-state index in [0.717, 1.165) is 29.4 Å². The summed E-state index contributed by atoms with van der Waals surface area (Å²) >= 11 is 0. The van der Waals surface area contributed by atoms with Crippen molar-refractivity contribution >= 4 is 17.4 Å². The van der Waals surface area contributed by atoms with Gasteiger partial charge in [-0.2, -0.15) is 0 Å². The Morgan fingerprint density at radius 1 is 1.20 bits per heavy atom. The second-order valence-corrected chi connectivity index (χ2v) is 5.29. The number of nitrogens with two attached hydrogens (primary N) is 2. The molecule has 0 atom stereocenters. The number of nitrogens with zero attached hydrogens (tertiary/aromatic N) is 1. The fraction of sp³-hybridized carbons (Fsp3) is 0.176. The lowest BCUT2D eigenvalue weighted by molar-refractivity contribution is -0.589. The lowest BCUT2D eigenvalue weighted by Gasteiger charge is -2.12. The molecule has 8 heteroatoms. The Balaban J connectivity index is 0.00000156. The Hall–Kier alpha value is -2.12. The number of halogens is 2. The van der Waals surface area contributed by atoms with Crippen molar-refractivity contribution in [3.05, 3.63) is 59.7 Å². The molecule has 5 N–H and O–H groups in total. The number of benzene rings is 2. The number of carbonyl (C=O) groups excluding carboxylic acids is 1. The van der Waals surface area contributed by atoms with E-state index < -0.39 is 0 Å². The third kappa shape index (κ3) is 5.44. The molecule has 0 aromatic heterocycles. The summed E-state index contributed by atoms with van der Waals surface area (Å²) in [6, 6.07) is 16.2. The largest absolute Gasteiger partial charge is 1.00 e. The van der Waals surface area contributed by atoms with Crippen LogP contribution in [0.1, 0.15) is 11.1 Å². The van der Waals surface area contributed by atoms with E-state index in [2.05, 4.69) is 28.0 Å². The second-order valence-electron chi connectivity index (χ2n) is 5.29. The zero-order valence-corrected chi connectivity index (χ0v) is 15.2. The SMILES string of the molecule is COc1cc(C2=NNC(=O)C[NH2+]2)ccc1[NH2+]Cc1ccccc1.[Cl-].[Cl-]. The van der Waals surface area contributed by atoms with Crippen molar-refractivity contribution in [1.29, 1.82) is 0 Å². The van der Waals surface area contributed by atoms with Gasteiger partial charge in [0.1, 0.15) is 6.54 Å². The van der Waals surface area contributed by atoms with E-state index in [4.69, 9.17) is 4.74 Å². The Bertz CT molecular complexity index is 739. The normalized spacial score (nSPS) is 13.0. The summed E-state index contributed by atoms with van der Waals surface area (Å²) in [6.07, 6.45) is 0. The lowest BCUT2D eigenvalue weighted by Crippen LogP contribution is -3.00. The Morgan fingerprint density at radius 2 is 1.96 bits per heavy atom. The van der Waals surface area contributed by atoms with Gasteiger partial charge in [-0.1, -0.05) is 30.3 Å². The summed E-state index contributed by atoms with van der Waals surface area (Å²) in [5.41, 5.74) is 5.73. The molecule has 1 aliphatic rings. The van der Waals surface area contributed by atoms with E-state index in [1.54, 1.807) is 7.11 Å². The summed E-state index contributed by atoms with van der Waals surface area (Å²) in [6.45, 7) is 1.20. The molecule has 3 rings (SSSR count). The average molecular weight is 383 g/mol. The number of rotatable bonds is 5. The molecular weight excluding hydrogens is 363 g/mol. The molecular formula is C17H20Cl2N4O2. The first kappa shape index (κ1) is 20.9. The van der Waals surface area contributed by atoms with E-state index in [9.17, 15) is 4.79 Å². The third-order valence-electron chi connectivity index (χ3n) is 3.71. The van der Waals surface area contributed by atoms with Crippen LogP contribution in [-0.4, -0.2) is 25.4 Å². The number of amides is 1. The van der Waals surface area contributed by atoms with Crippen LogP contribution in [-0.2, 0) is 11.3 Å². The van der Waals surface area contributed by atoms with Gasteiger partial charge in [0.2, 0.25) is 5.84 Å².